The van der Waals surface area contributed by atoms with Crippen LogP contribution in [-0.2, 0) is 6.42 Å². The van der Waals surface area contributed by atoms with E-state index in [1.54, 1.807) is 6.07 Å². The summed E-state index contributed by atoms with van der Waals surface area (Å²) in [5, 5.41) is 8.26. The summed E-state index contributed by atoms with van der Waals surface area (Å²) in [5.41, 5.74) is 2.55. The van der Waals surface area contributed by atoms with Crippen molar-refractivity contribution >= 4 is 17.2 Å². The van der Waals surface area contributed by atoms with Crippen molar-refractivity contribution in [3.63, 3.8) is 0 Å². The number of aldehydes is 1. The molecular weight excluding hydrogens is 188 g/mol. The number of hydrogen-bond acceptors (Lipinski definition) is 2. The van der Waals surface area contributed by atoms with Gasteiger partial charge in [0.1, 0.15) is 5.52 Å². The molecule has 0 radical (unpaired) electrons. The molecule has 0 amide bonds. The second-order valence-corrected chi connectivity index (χ2v) is 4.16. The van der Waals surface area contributed by atoms with E-state index in [1.807, 2.05) is 12.1 Å². The van der Waals surface area contributed by atoms with Crippen LogP contribution in [-0.4, -0.2) is 16.5 Å². The van der Waals surface area contributed by atoms with Crippen molar-refractivity contribution in [3.8, 4) is 0 Å². The fourth-order valence-electron chi connectivity index (χ4n) is 1.77. The van der Waals surface area contributed by atoms with Crippen molar-refractivity contribution < 1.29 is 4.79 Å². The lowest BCUT2D eigenvalue weighted by atomic mass is 10.0. The van der Waals surface area contributed by atoms with Gasteiger partial charge in [0.05, 0.1) is 0 Å². The van der Waals surface area contributed by atoms with E-state index >= 15 is 0 Å². The summed E-state index contributed by atoms with van der Waals surface area (Å²) in [6, 6.07) is 5.68. The lowest BCUT2D eigenvalue weighted by Crippen LogP contribution is -1.94. The Bertz CT molecular complexity index is 485. The number of carbonyl (C=O) groups excluding carboxylic acids is 1. The maximum atomic E-state index is 10.8. The second kappa shape index (κ2) is 3.85. The van der Waals surface area contributed by atoms with Gasteiger partial charge in [0, 0.05) is 16.6 Å². The normalized spacial score (nSPS) is 11.1. The molecule has 0 aliphatic carbocycles. The average Bonchev–Trinajstić information content (AvgIpc) is 2.61. The van der Waals surface area contributed by atoms with E-state index in [0.29, 0.717) is 11.5 Å². The predicted octanol–water partition coefficient (Wildman–Crippen LogP) is 2.57. The van der Waals surface area contributed by atoms with Crippen LogP contribution in [0.4, 0.5) is 0 Å². The fraction of sp³-hybridized carbons (Fsp3) is 0.333. The largest absolute Gasteiger partial charge is 0.298 e. The van der Waals surface area contributed by atoms with E-state index in [1.165, 1.54) is 0 Å². The van der Waals surface area contributed by atoms with Gasteiger partial charge in [-0.2, -0.15) is 5.10 Å². The summed E-state index contributed by atoms with van der Waals surface area (Å²) < 4.78 is 0. The Morgan fingerprint density at radius 1 is 1.47 bits per heavy atom. The Balaban J connectivity index is 2.55. The van der Waals surface area contributed by atoms with E-state index in [4.69, 9.17) is 0 Å². The van der Waals surface area contributed by atoms with Crippen LogP contribution >= 0.6 is 0 Å². The topological polar surface area (TPSA) is 45.8 Å². The van der Waals surface area contributed by atoms with E-state index in [0.717, 1.165) is 29.3 Å². The Morgan fingerprint density at radius 3 is 2.93 bits per heavy atom. The van der Waals surface area contributed by atoms with Crippen LogP contribution in [0.1, 0.15) is 29.9 Å². The number of benzene rings is 1. The highest BCUT2D eigenvalue weighted by atomic mass is 16.1. The highest BCUT2D eigenvalue weighted by molar-refractivity contribution is 5.96. The third kappa shape index (κ3) is 1.77. The van der Waals surface area contributed by atoms with Gasteiger partial charge in [-0.3, -0.25) is 9.89 Å². The van der Waals surface area contributed by atoms with Crippen molar-refractivity contribution in [1.29, 1.82) is 0 Å². The van der Waals surface area contributed by atoms with Crippen LogP contribution in [0, 0.1) is 5.92 Å². The van der Waals surface area contributed by atoms with Gasteiger partial charge in [-0.05, 0) is 18.4 Å². The van der Waals surface area contributed by atoms with Crippen LogP contribution in [0.15, 0.2) is 18.2 Å². The molecule has 0 saturated heterocycles. The monoisotopic (exact) mass is 202 g/mol. The van der Waals surface area contributed by atoms with Crippen molar-refractivity contribution in [2.24, 2.45) is 5.92 Å². The van der Waals surface area contributed by atoms with E-state index < -0.39 is 0 Å². The molecule has 0 spiro atoms. The van der Waals surface area contributed by atoms with Gasteiger partial charge in [-0.15, -0.1) is 0 Å². The quantitative estimate of drug-likeness (QED) is 0.777. The molecule has 3 nitrogen and oxygen atoms in total. The molecule has 0 bridgehead atoms. The summed E-state index contributed by atoms with van der Waals surface area (Å²) in [6.45, 7) is 4.33. The van der Waals surface area contributed by atoms with Crippen LogP contribution in [0.5, 0.6) is 0 Å². The molecule has 0 saturated carbocycles. The highest BCUT2D eigenvalue weighted by Gasteiger charge is 2.09. The number of aromatic amines is 1. The number of H-pyrrole nitrogens is 1. The number of aromatic nitrogens is 2. The SMILES string of the molecule is CC(C)Cc1[nH]nc2c(C=O)cccc12. The van der Waals surface area contributed by atoms with Gasteiger partial charge in [-0.1, -0.05) is 26.0 Å². The molecule has 0 aliphatic rings. The van der Waals surface area contributed by atoms with Crippen molar-refractivity contribution in [3.05, 3.63) is 29.5 Å². The number of carbonyl (C=O) groups is 1. The van der Waals surface area contributed by atoms with Gasteiger partial charge in [-0.25, -0.2) is 0 Å². The first kappa shape index (κ1) is 9.90. The Morgan fingerprint density at radius 2 is 2.27 bits per heavy atom. The number of nitrogens with zero attached hydrogens (tertiary/aromatic N) is 1. The van der Waals surface area contributed by atoms with Gasteiger partial charge in [0.15, 0.2) is 6.29 Å². The molecule has 0 fully saturated rings. The van der Waals surface area contributed by atoms with Crippen LogP contribution in [0.2, 0.25) is 0 Å². The molecule has 0 atom stereocenters. The van der Waals surface area contributed by atoms with Crippen LogP contribution in [0.25, 0.3) is 10.9 Å². The number of rotatable bonds is 3. The Hall–Kier alpha value is -1.64. The first-order valence-electron chi connectivity index (χ1n) is 5.13. The van der Waals surface area contributed by atoms with Crippen molar-refractivity contribution in [2.75, 3.05) is 0 Å². The first-order chi connectivity index (χ1) is 7.22. The summed E-state index contributed by atoms with van der Waals surface area (Å²) in [6.07, 6.45) is 1.81. The third-order valence-electron chi connectivity index (χ3n) is 2.43. The lowest BCUT2D eigenvalue weighted by Gasteiger charge is -2.01. The van der Waals surface area contributed by atoms with Crippen molar-refractivity contribution in [2.45, 2.75) is 20.3 Å². The molecule has 1 aromatic heterocycles. The number of hydrogen-bond donors (Lipinski definition) is 1. The molecule has 1 N–H and O–H groups in total. The number of para-hydroxylation sites is 1. The molecular formula is C12H14N2O. The summed E-state index contributed by atoms with van der Waals surface area (Å²) >= 11 is 0. The smallest absolute Gasteiger partial charge is 0.152 e. The Kier molecular flexibility index (Phi) is 2.54. The molecule has 0 aliphatic heterocycles. The van der Waals surface area contributed by atoms with Gasteiger partial charge in [0.25, 0.3) is 0 Å². The Labute approximate surface area is 88.5 Å². The zero-order valence-corrected chi connectivity index (χ0v) is 8.95. The second-order valence-electron chi connectivity index (χ2n) is 4.16. The maximum absolute atomic E-state index is 10.8. The van der Waals surface area contributed by atoms with Crippen LogP contribution < -0.4 is 0 Å². The molecule has 0 unspecified atom stereocenters. The minimum absolute atomic E-state index is 0.577. The van der Waals surface area contributed by atoms with Gasteiger partial charge >= 0.3 is 0 Å². The maximum Gasteiger partial charge on any atom is 0.152 e. The summed E-state index contributed by atoms with van der Waals surface area (Å²) in [5.74, 6) is 0.577. The minimum atomic E-state index is 0.577. The van der Waals surface area contributed by atoms with E-state index in [9.17, 15) is 4.79 Å². The van der Waals surface area contributed by atoms with E-state index in [2.05, 4.69) is 24.0 Å². The van der Waals surface area contributed by atoms with Crippen LogP contribution in [0.3, 0.4) is 0 Å². The average molecular weight is 202 g/mol. The van der Waals surface area contributed by atoms with Gasteiger partial charge < -0.3 is 0 Å². The van der Waals surface area contributed by atoms with Gasteiger partial charge in [0.2, 0.25) is 0 Å². The molecule has 1 aromatic carbocycles. The molecule has 2 rings (SSSR count). The minimum Gasteiger partial charge on any atom is -0.298 e. The number of fused-ring (bicyclic) bond motifs is 1. The zero-order chi connectivity index (χ0) is 10.8. The zero-order valence-electron chi connectivity index (χ0n) is 8.95. The molecule has 15 heavy (non-hydrogen) atoms. The first-order valence-corrected chi connectivity index (χ1v) is 5.13. The molecule has 1 heterocycles. The van der Waals surface area contributed by atoms with E-state index in [-0.39, 0.29) is 0 Å². The molecule has 3 heteroatoms. The standard InChI is InChI=1S/C12H14N2O/c1-8(2)6-11-10-5-3-4-9(7-15)12(10)14-13-11/h3-5,7-8H,6H2,1-2H3,(H,13,14). The third-order valence-corrected chi connectivity index (χ3v) is 2.43. The summed E-state index contributed by atoms with van der Waals surface area (Å²) in [4.78, 5) is 10.8. The fourth-order valence-corrected chi connectivity index (χ4v) is 1.77. The highest BCUT2D eigenvalue weighted by Crippen LogP contribution is 2.20. The summed E-state index contributed by atoms with van der Waals surface area (Å²) in [7, 11) is 0. The lowest BCUT2D eigenvalue weighted by molar-refractivity contribution is 0.112. The molecule has 78 valence electrons. The molecule has 2 aromatic rings. The predicted molar refractivity (Wildman–Crippen MR) is 60.0 cm³/mol. The number of nitrogens with one attached hydrogen (secondary N) is 1. The van der Waals surface area contributed by atoms with Crippen molar-refractivity contribution in [1.82, 2.24) is 10.2 Å².